The molecule has 1 aliphatic heterocycles. The quantitative estimate of drug-likeness (QED) is 0.921. The average molecular weight is 282 g/mol. The van der Waals surface area contributed by atoms with Gasteiger partial charge < -0.3 is 15.5 Å². The van der Waals surface area contributed by atoms with Gasteiger partial charge in [0.25, 0.3) is 0 Å². The van der Waals surface area contributed by atoms with Crippen LogP contribution in [0.25, 0.3) is 0 Å². The first-order valence-corrected chi connectivity index (χ1v) is 7.95. The second kappa shape index (κ2) is 5.77. The second-order valence-electron chi connectivity index (χ2n) is 6.14. The van der Waals surface area contributed by atoms with E-state index in [0.29, 0.717) is 6.54 Å². The van der Waals surface area contributed by atoms with Gasteiger partial charge in [-0.1, -0.05) is 27.7 Å². The molecular weight excluding hydrogens is 256 g/mol. The molecule has 2 rings (SSSR count). The highest BCUT2D eigenvalue weighted by molar-refractivity contribution is 7.15. The molecule has 1 aromatic rings. The van der Waals surface area contributed by atoms with E-state index in [0.717, 1.165) is 37.9 Å². The molecule has 1 fully saturated rings. The van der Waals surface area contributed by atoms with Crippen molar-refractivity contribution in [2.45, 2.75) is 39.7 Å². The van der Waals surface area contributed by atoms with Gasteiger partial charge in [0.15, 0.2) is 5.13 Å². The van der Waals surface area contributed by atoms with Crippen LogP contribution in [0, 0.1) is 0 Å². The van der Waals surface area contributed by atoms with Gasteiger partial charge in [-0.2, -0.15) is 0 Å². The first-order chi connectivity index (χ1) is 8.95. The lowest BCUT2D eigenvalue weighted by Crippen LogP contribution is -2.46. The smallest absolute Gasteiger partial charge is 0.185 e. The predicted molar refractivity (Wildman–Crippen MR) is 83.0 cm³/mol. The summed E-state index contributed by atoms with van der Waals surface area (Å²) in [4.78, 5) is 11.0. The highest BCUT2D eigenvalue weighted by Gasteiger charge is 2.25. The number of nitrogens with two attached hydrogens (primary N) is 1. The zero-order valence-electron chi connectivity index (χ0n) is 12.6. The van der Waals surface area contributed by atoms with Crippen molar-refractivity contribution < 1.29 is 0 Å². The predicted octanol–water partition coefficient (Wildman–Crippen LogP) is 2.04. The molecule has 4 nitrogen and oxygen atoms in total. The van der Waals surface area contributed by atoms with Crippen LogP contribution in [0.4, 0.5) is 5.13 Å². The van der Waals surface area contributed by atoms with E-state index in [1.807, 2.05) is 0 Å². The Morgan fingerprint density at radius 1 is 1.21 bits per heavy atom. The molecule has 0 amide bonds. The fourth-order valence-corrected chi connectivity index (χ4v) is 3.66. The molecule has 0 aliphatic carbocycles. The van der Waals surface area contributed by atoms with Gasteiger partial charge in [-0.05, 0) is 6.54 Å². The summed E-state index contributed by atoms with van der Waals surface area (Å²) in [6.45, 7) is 15.0. The summed E-state index contributed by atoms with van der Waals surface area (Å²) in [7, 11) is 0. The number of aromatic nitrogens is 1. The number of rotatable bonds is 3. The van der Waals surface area contributed by atoms with E-state index in [9.17, 15) is 0 Å². The van der Waals surface area contributed by atoms with Crippen LogP contribution in [0.3, 0.4) is 0 Å². The highest BCUT2D eigenvalue weighted by atomic mass is 32.1. The van der Waals surface area contributed by atoms with E-state index in [1.165, 1.54) is 10.6 Å². The van der Waals surface area contributed by atoms with Crippen LogP contribution in [0.15, 0.2) is 0 Å². The van der Waals surface area contributed by atoms with Crippen molar-refractivity contribution in [1.29, 1.82) is 0 Å². The number of nitrogens with zero attached hydrogens (tertiary/aromatic N) is 3. The topological polar surface area (TPSA) is 45.4 Å². The van der Waals surface area contributed by atoms with Gasteiger partial charge in [0.05, 0.1) is 5.69 Å². The molecule has 1 aromatic heterocycles. The van der Waals surface area contributed by atoms with Gasteiger partial charge in [-0.15, -0.1) is 11.3 Å². The summed E-state index contributed by atoms with van der Waals surface area (Å²) >= 11 is 1.77. The van der Waals surface area contributed by atoms with Gasteiger partial charge in [0, 0.05) is 43.0 Å². The Kier molecular flexibility index (Phi) is 4.48. The summed E-state index contributed by atoms with van der Waals surface area (Å²) in [6.07, 6.45) is 0. The molecule has 2 N–H and O–H groups in total. The van der Waals surface area contributed by atoms with Crippen molar-refractivity contribution >= 4 is 16.5 Å². The third kappa shape index (κ3) is 3.27. The largest absolute Gasteiger partial charge is 0.346 e. The zero-order chi connectivity index (χ0) is 14.0. The first-order valence-electron chi connectivity index (χ1n) is 7.13. The monoisotopic (exact) mass is 282 g/mol. The summed E-state index contributed by atoms with van der Waals surface area (Å²) in [5.74, 6) is 0. The Bertz CT molecular complexity index is 414. The van der Waals surface area contributed by atoms with Crippen molar-refractivity contribution in [3.05, 3.63) is 10.6 Å². The molecular formula is C14H26N4S. The molecule has 0 radical (unpaired) electrons. The van der Waals surface area contributed by atoms with Gasteiger partial charge in [-0.3, -0.25) is 0 Å². The van der Waals surface area contributed by atoms with Crippen molar-refractivity contribution in [2.24, 2.45) is 5.73 Å². The van der Waals surface area contributed by atoms with Gasteiger partial charge >= 0.3 is 0 Å². The van der Waals surface area contributed by atoms with Crippen LogP contribution in [-0.4, -0.2) is 42.6 Å². The highest BCUT2D eigenvalue weighted by Crippen LogP contribution is 2.33. The Morgan fingerprint density at radius 2 is 1.84 bits per heavy atom. The molecule has 1 saturated heterocycles. The van der Waals surface area contributed by atoms with E-state index in [2.05, 4.69) is 37.5 Å². The molecule has 108 valence electrons. The van der Waals surface area contributed by atoms with Gasteiger partial charge in [-0.25, -0.2) is 4.98 Å². The van der Waals surface area contributed by atoms with Crippen molar-refractivity contribution in [1.82, 2.24) is 9.88 Å². The van der Waals surface area contributed by atoms with Crippen LogP contribution in [-0.2, 0) is 12.0 Å². The fourth-order valence-electron chi connectivity index (χ4n) is 2.45. The van der Waals surface area contributed by atoms with E-state index in [4.69, 9.17) is 10.7 Å². The lowest BCUT2D eigenvalue weighted by molar-refractivity contribution is 0.271. The Hall–Kier alpha value is -0.650. The number of thiazole rings is 1. The second-order valence-corrected chi connectivity index (χ2v) is 7.21. The Labute approximate surface area is 120 Å². The Morgan fingerprint density at radius 3 is 2.26 bits per heavy atom. The van der Waals surface area contributed by atoms with Crippen molar-refractivity contribution in [3.63, 3.8) is 0 Å². The molecule has 0 unspecified atom stereocenters. The zero-order valence-corrected chi connectivity index (χ0v) is 13.4. The summed E-state index contributed by atoms with van der Waals surface area (Å²) in [6, 6.07) is 0. The van der Waals surface area contributed by atoms with Crippen LogP contribution in [0.1, 0.15) is 38.3 Å². The molecule has 19 heavy (non-hydrogen) atoms. The van der Waals surface area contributed by atoms with Crippen LogP contribution in [0.5, 0.6) is 0 Å². The SMILES string of the molecule is CCN1CCN(c2nc(C(C)(C)C)c(CN)s2)CC1. The molecule has 0 saturated carbocycles. The summed E-state index contributed by atoms with van der Waals surface area (Å²) in [5.41, 5.74) is 7.13. The molecule has 0 spiro atoms. The molecule has 5 heteroatoms. The first kappa shape index (κ1) is 14.8. The van der Waals surface area contributed by atoms with Crippen molar-refractivity contribution in [3.8, 4) is 0 Å². The molecule has 2 heterocycles. The van der Waals surface area contributed by atoms with E-state index in [-0.39, 0.29) is 5.41 Å². The lowest BCUT2D eigenvalue weighted by Gasteiger charge is -2.33. The maximum absolute atomic E-state index is 5.88. The number of likely N-dealkylation sites (N-methyl/N-ethyl adjacent to an activating group) is 1. The molecule has 0 atom stereocenters. The van der Waals surface area contributed by atoms with Crippen LogP contribution < -0.4 is 10.6 Å². The number of hydrogen-bond donors (Lipinski definition) is 1. The normalized spacial score (nSPS) is 18.1. The van der Waals surface area contributed by atoms with E-state index in [1.54, 1.807) is 11.3 Å². The van der Waals surface area contributed by atoms with E-state index < -0.39 is 0 Å². The minimum absolute atomic E-state index is 0.0781. The molecule has 1 aliphatic rings. The maximum Gasteiger partial charge on any atom is 0.185 e. The Balaban J connectivity index is 2.16. The van der Waals surface area contributed by atoms with Crippen LogP contribution >= 0.6 is 11.3 Å². The average Bonchev–Trinajstić information content (AvgIpc) is 2.83. The third-order valence-corrected chi connectivity index (χ3v) is 4.81. The van der Waals surface area contributed by atoms with Gasteiger partial charge in [0.1, 0.15) is 0 Å². The number of piperazine rings is 1. The van der Waals surface area contributed by atoms with Crippen molar-refractivity contribution in [2.75, 3.05) is 37.6 Å². The van der Waals surface area contributed by atoms with E-state index >= 15 is 0 Å². The lowest BCUT2D eigenvalue weighted by atomic mass is 9.91. The number of hydrogen-bond acceptors (Lipinski definition) is 5. The number of anilines is 1. The fraction of sp³-hybridized carbons (Fsp3) is 0.786. The minimum Gasteiger partial charge on any atom is -0.346 e. The maximum atomic E-state index is 5.88. The third-order valence-electron chi connectivity index (χ3n) is 3.67. The molecule has 0 bridgehead atoms. The van der Waals surface area contributed by atoms with Crippen LogP contribution in [0.2, 0.25) is 0 Å². The summed E-state index contributed by atoms with van der Waals surface area (Å²) in [5, 5.41) is 1.15. The molecule has 0 aromatic carbocycles. The minimum atomic E-state index is 0.0781. The standard InChI is InChI=1S/C14H26N4S/c1-5-17-6-8-18(9-7-17)13-16-12(14(2,3)4)11(10-15)19-13/h5-10,15H2,1-4H3. The summed E-state index contributed by atoms with van der Waals surface area (Å²) < 4.78 is 0. The van der Waals surface area contributed by atoms with Gasteiger partial charge in [0.2, 0.25) is 0 Å².